The average molecular weight is 584 g/mol. The van der Waals surface area contributed by atoms with Crippen molar-refractivity contribution >= 4 is 17.8 Å². The number of amides is 2. The first kappa shape index (κ1) is 34.8. The molecule has 9 heteroatoms. The van der Waals surface area contributed by atoms with Gasteiger partial charge in [0.2, 0.25) is 11.9 Å². The first-order chi connectivity index (χ1) is 19.5. The quantitative estimate of drug-likeness (QED) is 0.192. The molecule has 4 N–H and O–H groups in total. The number of phenols is 1. The van der Waals surface area contributed by atoms with Crippen molar-refractivity contribution in [3.8, 4) is 5.75 Å². The summed E-state index contributed by atoms with van der Waals surface area (Å²) in [5.74, 6) is -2.43. The van der Waals surface area contributed by atoms with Gasteiger partial charge < -0.3 is 20.4 Å². The minimum atomic E-state index is -1.73. The molecule has 0 saturated heterocycles. The maximum Gasteiger partial charge on any atom is 0.336 e. The Hall–Kier alpha value is -3.43. The van der Waals surface area contributed by atoms with Crippen LogP contribution in [0.1, 0.15) is 91.0 Å². The van der Waals surface area contributed by atoms with Gasteiger partial charge in [-0.15, -0.1) is 0 Å². The third-order valence-corrected chi connectivity index (χ3v) is 6.98. The molecule has 2 amide bonds. The van der Waals surface area contributed by atoms with Crippen molar-refractivity contribution in [2.45, 2.75) is 105 Å². The van der Waals surface area contributed by atoms with Crippen LogP contribution in [0.5, 0.6) is 5.75 Å². The SMILES string of the molecule is CCN(C(=O)[C@H](CC(C)C)NOCc1ccccc1)C(C(=O)O)C(=O)NCc1cc(C(C)(C)C)c(O)c(C(C)(C)C)c1. The fourth-order valence-corrected chi connectivity index (χ4v) is 4.75. The lowest BCUT2D eigenvalue weighted by molar-refractivity contribution is -0.158. The predicted octanol–water partition coefficient (Wildman–Crippen LogP) is 5.04. The molecule has 0 heterocycles. The molecule has 0 radical (unpaired) electrons. The largest absolute Gasteiger partial charge is 0.507 e. The van der Waals surface area contributed by atoms with Gasteiger partial charge in [-0.3, -0.25) is 14.4 Å². The van der Waals surface area contributed by atoms with Crippen LogP contribution in [0.15, 0.2) is 42.5 Å². The number of likely N-dealkylation sites (N-methyl/N-ethyl adjacent to an activating group) is 1. The topological polar surface area (TPSA) is 128 Å². The summed E-state index contributed by atoms with van der Waals surface area (Å²) in [4.78, 5) is 46.1. The molecule has 1 unspecified atom stereocenters. The Bertz CT molecular complexity index is 1180. The molecule has 232 valence electrons. The van der Waals surface area contributed by atoms with Gasteiger partial charge in [0.1, 0.15) is 11.8 Å². The maximum atomic E-state index is 13.6. The van der Waals surface area contributed by atoms with Crippen LogP contribution >= 0.6 is 0 Å². The second-order valence-corrected chi connectivity index (χ2v) is 13.2. The zero-order valence-corrected chi connectivity index (χ0v) is 26.6. The second kappa shape index (κ2) is 14.6. The molecular formula is C33H49N3O6. The minimum Gasteiger partial charge on any atom is -0.507 e. The van der Waals surface area contributed by atoms with E-state index < -0.39 is 29.9 Å². The molecular weight excluding hydrogens is 534 g/mol. The Morgan fingerprint density at radius 1 is 0.929 bits per heavy atom. The molecule has 2 aromatic rings. The molecule has 0 fully saturated rings. The highest BCUT2D eigenvalue weighted by Gasteiger charge is 2.38. The number of hydrogen-bond acceptors (Lipinski definition) is 6. The molecule has 0 bridgehead atoms. The molecule has 0 aromatic heterocycles. The minimum absolute atomic E-state index is 0.0136. The fraction of sp³-hybridized carbons (Fsp3) is 0.545. The molecule has 9 nitrogen and oxygen atoms in total. The van der Waals surface area contributed by atoms with Crippen molar-refractivity contribution < 1.29 is 29.4 Å². The van der Waals surface area contributed by atoms with E-state index in [4.69, 9.17) is 4.84 Å². The molecule has 0 aliphatic carbocycles. The number of aromatic hydroxyl groups is 1. The summed E-state index contributed by atoms with van der Waals surface area (Å²) < 4.78 is 0. The van der Waals surface area contributed by atoms with Gasteiger partial charge in [0.15, 0.2) is 0 Å². The average Bonchev–Trinajstić information content (AvgIpc) is 2.88. The van der Waals surface area contributed by atoms with Crippen LogP contribution in [-0.2, 0) is 43.2 Å². The number of nitrogens with one attached hydrogen (secondary N) is 2. The van der Waals surface area contributed by atoms with Crippen molar-refractivity contribution in [2.75, 3.05) is 6.54 Å². The Morgan fingerprint density at radius 2 is 1.48 bits per heavy atom. The summed E-state index contributed by atoms with van der Waals surface area (Å²) in [6, 6.07) is 10.5. The summed E-state index contributed by atoms with van der Waals surface area (Å²) in [6.45, 7) is 17.8. The smallest absolute Gasteiger partial charge is 0.336 e. The van der Waals surface area contributed by atoms with Crippen LogP contribution < -0.4 is 10.8 Å². The lowest BCUT2D eigenvalue weighted by Crippen LogP contribution is -2.58. The van der Waals surface area contributed by atoms with Crippen molar-refractivity contribution in [1.82, 2.24) is 15.7 Å². The van der Waals surface area contributed by atoms with E-state index in [1.165, 1.54) is 0 Å². The van der Waals surface area contributed by atoms with Crippen molar-refractivity contribution in [3.63, 3.8) is 0 Å². The Kier molecular flexibility index (Phi) is 12.1. The summed E-state index contributed by atoms with van der Waals surface area (Å²) in [5, 5.41) is 23.8. The number of rotatable bonds is 13. The van der Waals surface area contributed by atoms with Crippen LogP contribution in [0.25, 0.3) is 0 Å². The molecule has 42 heavy (non-hydrogen) atoms. The van der Waals surface area contributed by atoms with Gasteiger partial charge in [-0.1, -0.05) is 85.7 Å². The number of carboxylic acids is 1. The molecule has 2 rings (SSSR count). The summed E-state index contributed by atoms with van der Waals surface area (Å²) >= 11 is 0. The number of benzene rings is 2. The zero-order valence-electron chi connectivity index (χ0n) is 26.6. The zero-order chi connectivity index (χ0) is 31.8. The third kappa shape index (κ3) is 9.56. The Labute approximate surface area is 250 Å². The number of carbonyl (C=O) groups is 3. The standard InChI is InChI=1S/C33H49N3O6/c1-10-36(30(39)26(16-21(2)3)35-42-20-22-14-12-11-13-15-22)27(31(40)41)29(38)34-19-23-17-24(32(4,5)6)28(37)25(18-23)33(7,8)9/h11-15,17-18,21,26-27,35,37H,10,16,19-20H2,1-9H3,(H,34,38)(H,40,41)/t26-,27?/m0/s1. The number of carbonyl (C=O) groups excluding carboxylic acids is 2. The highest BCUT2D eigenvalue weighted by Crippen LogP contribution is 2.39. The summed E-state index contributed by atoms with van der Waals surface area (Å²) in [6.07, 6.45) is 0.386. The van der Waals surface area contributed by atoms with Crippen molar-refractivity contribution in [1.29, 1.82) is 0 Å². The Balaban J connectivity index is 2.27. The highest BCUT2D eigenvalue weighted by atomic mass is 16.6. The Morgan fingerprint density at radius 3 is 1.93 bits per heavy atom. The summed E-state index contributed by atoms with van der Waals surface area (Å²) in [5.41, 5.74) is 5.19. The van der Waals surface area contributed by atoms with Crippen molar-refractivity contribution in [3.05, 3.63) is 64.7 Å². The second-order valence-electron chi connectivity index (χ2n) is 13.2. The van der Waals surface area contributed by atoms with Gasteiger partial charge in [-0.05, 0) is 64.5 Å². The number of carboxylic acid groups (broad SMARTS) is 1. The van der Waals surface area contributed by atoms with E-state index in [2.05, 4.69) is 10.8 Å². The van der Waals surface area contributed by atoms with E-state index in [1.807, 2.05) is 97.9 Å². The molecule has 0 saturated carbocycles. The van der Waals surface area contributed by atoms with Crippen LogP contribution in [0, 0.1) is 5.92 Å². The lowest BCUT2D eigenvalue weighted by atomic mass is 9.78. The number of nitrogens with zero attached hydrogens (tertiary/aromatic N) is 1. The number of hydroxylamine groups is 1. The van der Waals surface area contributed by atoms with Gasteiger partial charge >= 0.3 is 5.97 Å². The molecule has 0 aliphatic rings. The third-order valence-electron chi connectivity index (χ3n) is 6.98. The van der Waals surface area contributed by atoms with Gasteiger partial charge in [0.05, 0.1) is 6.61 Å². The molecule has 2 aromatic carbocycles. The maximum absolute atomic E-state index is 13.6. The first-order valence-electron chi connectivity index (χ1n) is 14.6. The van der Waals surface area contributed by atoms with Crippen LogP contribution in [-0.4, -0.2) is 51.5 Å². The van der Waals surface area contributed by atoms with E-state index in [-0.39, 0.29) is 42.2 Å². The van der Waals surface area contributed by atoms with E-state index in [0.29, 0.717) is 6.42 Å². The monoisotopic (exact) mass is 583 g/mol. The fourth-order valence-electron chi connectivity index (χ4n) is 4.75. The van der Waals surface area contributed by atoms with Crippen LogP contribution in [0.2, 0.25) is 0 Å². The first-order valence-corrected chi connectivity index (χ1v) is 14.6. The number of hydrogen-bond donors (Lipinski definition) is 4. The lowest BCUT2D eigenvalue weighted by Gasteiger charge is -2.31. The van der Waals surface area contributed by atoms with Gasteiger partial charge in [0, 0.05) is 13.1 Å². The summed E-state index contributed by atoms with van der Waals surface area (Å²) in [7, 11) is 0. The highest BCUT2D eigenvalue weighted by molar-refractivity contribution is 6.04. The van der Waals surface area contributed by atoms with E-state index in [0.717, 1.165) is 27.2 Å². The van der Waals surface area contributed by atoms with Gasteiger partial charge in [0.25, 0.3) is 5.91 Å². The molecule has 2 atom stereocenters. The van der Waals surface area contributed by atoms with Crippen LogP contribution in [0.4, 0.5) is 0 Å². The normalized spacial score (nSPS) is 13.5. The number of aliphatic carboxylic acids is 1. The molecule has 0 aliphatic heterocycles. The van der Waals surface area contributed by atoms with Gasteiger partial charge in [-0.25, -0.2) is 4.79 Å². The van der Waals surface area contributed by atoms with E-state index in [1.54, 1.807) is 6.92 Å². The molecule has 0 spiro atoms. The van der Waals surface area contributed by atoms with E-state index >= 15 is 0 Å². The van der Waals surface area contributed by atoms with Crippen molar-refractivity contribution in [2.24, 2.45) is 5.92 Å². The predicted molar refractivity (Wildman–Crippen MR) is 164 cm³/mol. The van der Waals surface area contributed by atoms with Gasteiger partial charge in [-0.2, -0.15) is 5.48 Å². The number of phenolic OH excluding ortho intramolecular Hbond substituents is 1. The van der Waals surface area contributed by atoms with E-state index in [9.17, 15) is 24.6 Å². The van der Waals surface area contributed by atoms with Crippen LogP contribution in [0.3, 0.4) is 0 Å².